The van der Waals surface area contributed by atoms with Gasteiger partial charge in [0.25, 0.3) is 11.8 Å². The molecule has 0 spiro atoms. The van der Waals surface area contributed by atoms with Crippen molar-refractivity contribution in [1.29, 1.82) is 0 Å². The van der Waals surface area contributed by atoms with Crippen LogP contribution in [0.25, 0.3) is 0 Å². The monoisotopic (exact) mass is 386 g/mol. The maximum Gasteiger partial charge on any atom is 0.387 e. The van der Waals surface area contributed by atoms with Crippen LogP contribution in [0.15, 0.2) is 18.2 Å². The molecular formula is C16H20F2N4O5. The van der Waals surface area contributed by atoms with Crippen molar-refractivity contribution in [2.24, 2.45) is 5.73 Å². The van der Waals surface area contributed by atoms with Gasteiger partial charge in [-0.15, -0.1) is 0 Å². The summed E-state index contributed by atoms with van der Waals surface area (Å²) >= 11 is 0. The zero-order valence-corrected chi connectivity index (χ0v) is 14.8. The van der Waals surface area contributed by atoms with Crippen molar-refractivity contribution in [2.75, 3.05) is 44.1 Å². The molecule has 1 saturated heterocycles. The number of nitrogens with one attached hydrogen (secondary N) is 1. The first kappa shape index (κ1) is 20.5. The highest BCUT2D eigenvalue weighted by Gasteiger charge is 2.28. The van der Waals surface area contributed by atoms with Crippen LogP contribution in [0.2, 0.25) is 0 Å². The minimum Gasteiger partial charge on any atom is -0.433 e. The van der Waals surface area contributed by atoms with Gasteiger partial charge < -0.3 is 25.4 Å². The summed E-state index contributed by atoms with van der Waals surface area (Å²) in [6.07, 6.45) is 0. The second-order valence-electron chi connectivity index (χ2n) is 5.91. The molecule has 9 nitrogen and oxygen atoms in total. The average molecular weight is 386 g/mol. The molecule has 0 unspecified atom stereocenters. The van der Waals surface area contributed by atoms with Crippen molar-refractivity contribution in [3.05, 3.63) is 18.2 Å². The standard InChI is InChI=1S/C16H20F2N4O5/c1-21(2)13(14(19)24)15(25)20-10-4-3-9(7-11(10)27-16(17)18)22-5-6-26-8-12(22)23/h3-4,7,13,16H,5-6,8H2,1-2H3,(H2,19,24)(H,20,25)/t13-/m1/s1. The molecule has 2 rings (SSSR count). The Hall–Kier alpha value is -2.79. The Morgan fingerprint density at radius 2 is 2.07 bits per heavy atom. The van der Waals surface area contributed by atoms with E-state index in [-0.39, 0.29) is 30.5 Å². The molecule has 1 aromatic carbocycles. The third kappa shape index (κ3) is 5.11. The van der Waals surface area contributed by atoms with E-state index >= 15 is 0 Å². The van der Waals surface area contributed by atoms with E-state index in [4.69, 9.17) is 10.5 Å². The molecule has 0 saturated carbocycles. The van der Waals surface area contributed by atoms with Crippen LogP contribution >= 0.6 is 0 Å². The number of nitrogens with zero attached hydrogens (tertiary/aromatic N) is 2. The van der Waals surface area contributed by atoms with Crippen molar-refractivity contribution in [3.8, 4) is 5.75 Å². The van der Waals surface area contributed by atoms with E-state index in [0.29, 0.717) is 12.3 Å². The number of halogens is 2. The maximum atomic E-state index is 12.8. The fourth-order valence-electron chi connectivity index (χ4n) is 2.59. The fraction of sp³-hybridized carbons (Fsp3) is 0.438. The molecule has 0 radical (unpaired) electrons. The molecular weight excluding hydrogens is 366 g/mol. The Labute approximate surface area is 154 Å². The number of primary amides is 1. The number of amides is 3. The molecule has 0 aliphatic carbocycles. The zero-order valence-electron chi connectivity index (χ0n) is 14.8. The van der Waals surface area contributed by atoms with Crippen LogP contribution < -0.4 is 20.7 Å². The maximum absolute atomic E-state index is 12.8. The second kappa shape index (κ2) is 8.73. The lowest BCUT2D eigenvalue weighted by molar-refractivity contribution is -0.131. The number of anilines is 2. The summed E-state index contributed by atoms with van der Waals surface area (Å²) in [6, 6.07) is 2.68. The van der Waals surface area contributed by atoms with Gasteiger partial charge in [-0.1, -0.05) is 0 Å². The number of hydrogen-bond donors (Lipinski definition) is 2. The average Bonchev–Trinajstić information content (AvgIpc) is 2.55. The summed E-state index contributed by atoms with van der Waals surface area (Å²) in [5, 5.41) is 2.35. The van der Waals surface area contributed by atoms with Gasteiger partial charge >= 0.3 is 6.61 Å². The number of hydrogen-bond acceptors (Lipinski definition) is 6. The van der Waals surface area contributed by atoms with Crippen LogP contribution in [0.4, 0.5) is 20.2 Å². The second-order valence-corrected chi connectivity index (χ2v) is 5.91. The Morgan fingerprint density at radius 3 is 2.63 bits per heavy atom. The Kier molecular flexibility index (Phi) is 6.64. The van der Waals surface area contributed by atoms with Gasteiger partial charge in [0.15, 0.2) is 11.8 Å². The van der Waals surface area contributed by atoms with E-state index < -0.39 is 24.5 Å². The minimum absolute atomic E-state index is 0.0853. The number of ether oxygens (including phenoxy) is 2. The van der Waals surface area contributed by atoms with Gasteiger partial charge in [-0.25, -0.2) is 0 Å². The van der Waals surface area contributed by atoms with Gasteiger partial charge in [0.1, 0.15) is 6.61 Å². The predicted octanol–water partition coefficient (Wildman–Crippen LogP) is 0.00520. The molecule has 0 bridgehead atoms. The third-order valence-electron chi connectivity index (χ3n) is 3.77. The normalized spacial score (nSPS) is 15.8. The minimum atomic E-state index is -3.16. The van der Waals surface area contributed by atoms with E-state index in [0.717, 1.165) is 0 Å². The van der Waals surface area contributed by atoms with Crippen LogP contribution in [-0.2, 0) is 19.1 Å². The van der Waals surface area contributed by atoms with E-state index in [1.54, 1.807) is 0 Å². The first-order chi connectivity index (χ1) is 12.7. The first-order valence-corrected chi connectivity index (χ1v) is 7.94. The predicted molar refractivity (Wildman–Crippen MR) is 91.5 cm³/mol. The molecule has 27 heavy (non-hydrogen) atoms. The highest BCUT2D eigenvalue weighted by atomic mass is 19.3. The Balaban J connectivity index is 2.31. The lowest BCUT2D eigenvalue weighted by Crippen LogP contribution is -2.49. The molecule has 148 valence electrons. The number of morpholine rings is 1. The summed E-state index contributed by atoms with van der Waals surface area (Å²) < 4.78 is 35.1. The largest absolute Gasteiger partial charge is 0.433 e. The van der Waals surface area contributed by atoms with Crippen molar-refractivity contribution >= 4 is 29.1 Å². The van der Waals surface area contributed by atoms with E-state index in [1.165, 1.54) is 42.1 Å². The molecule has 0 aromatic heterocycles. The topological polar surface area (TPSA) is 114 Å². The van der Waals surface area contributed by atoms with Gasteiger partial charge in [0.2, 0.25) is 5.91 Å². The number of likely N-dealkylation sites (N-methyl/N-ethyl adjacent to an activating group) is 1. The van der Waals surface area contributed by atoms with Gasteiger partial charge in [0, 0.05) is 18.3 Å². The van der Waals surface area contributed by atoms with E-state index in [1.807, 2.05) is 0 Å². The summed E-state index contributed by atoms with van der Waals surface area (Å²) in [6.45, 7) is -2.72. The summed E-state index contributed by atoms with van der Waals surface area (Å²) in [4.78, 5) is 38.3. The summed E-state index contributed by atoms with van der Waals surface area (Å²) in [5.74, 6) is -2.38. The molecule has 1 aliphatic rings. The molecule has 1 atom stereocenters. The highest BCUT2D eigenvalue weighted by Crippen LogP contribution is 2.32. The smallest absolute Gasteiger partial charge is 0.387 e. The molecule has 1 aliphatic heterocycles. The third-order valence-corrected chi connectivity index (χ3v) is 3.77. The van der Waals surface area contributed by atoms with Crippen molar-refractivity contribution in [1.82, 2.24) is 4.90 Å². The highest BCUT2D eigenvalue weighted by molar-refractivity contribution is 6.10. The Morgan fingerprint density at radius 1 is 1.37 bits per heavy atom. The first-order valence-electron chi connectivity index (χ1n) is 7.94. The number of benzene rings is 1. The number of carbonyl (C=O) groups is 3. The molecule has 3 amide bonds. The molecule has 3 N–H and O–H groups in total. The van der Waals surface area contributed by atoms with E-state index in [9.17, 15) is 23.2 Å². The number of alkyl halides is 2. The lowest BCUT2D eigenvalue weighted by Gasteiger charge is -2.27. The zero-order chi connectivity index (χ0) is 20.1. The number of rotatable bonds is 7. The summed E-state index contributed by atoms with van der Waals surface area (Å²) in [7, 11) is 2.94. The van der Waals surface area contributed by atoms with Crippen LogP contribution in [0, 0.1) is 0 Å². The van der Waals surface area contributed by atoms with Crippen LogP contribution in [0.5, 0.6) is 5.75 Å². The van der Waals surface area contributed by atoms with E-state index in [2.05, 4.69) is 10.1 Å². The van der Waals surface area contributed by atoms with Crippen LogP contribution in [0.3, 0.4) is 0 Å². The van der Waals surface area contributed by atoms with Crippen molar-refractivity contribution in [2.45, 2.75) is 12.7 Å². The lowest BCUT2D eigenvalue weighted by atomic mass is 10.2. The van der Waals surface area contributed by atoms with Gasteiger partial charge in [-0.05, 0) is 26.2 Å². The number of carbonyl (C=O) groups excluding carboxylic acids is 3. The van der Waals surface area contributed by atoms with Gasteiger partial charge in [-0.3, -0.25) is 19.3 Å². The fourth-order valence-corrected chi connectivity index (χ4v) is 2.59. The molecule has 11 heteroatoms. The van der Waals surface area contributed by atoms with Crippen LogP contribution in [-0.4, -0.2) is 69.1 Å². The van der Waals surface area contributed by atoms with Gasteiger partial charge in [0.05, 0.1) is 12.3 Å². The number of nitrogens with two attached hydrogens (primary N) is 1. The van der Waals surface area contributed by atoms with Crippen LogP contribution in [0.1, 0.15) is 0 Å². The quantitative estimate of drug-likeness (QED) is 0.638. The molecule has 1 aromatic rings. The molecule has 1 fully saturated rings. The van der Waals surface area contributed by atoms with Gasteiger partial charge in [-0.2, -0.15) is 8.78 Å². The van der Waals surface area contributed by atoms with Crippen molar-refractivity contribution < 1.29 is 32.6 Å². The summed E-state index contributed by atoms with van der Waals surface area (Å²) in [5.41, 5.74) is 5.43. The SMILES string of the molecule is CN(C)[C@H](C(N)=O)C(=O)Nc1ccc(N2CCOCC2=O)cc1OC(F)F. The molecule has 1 heterocycles. The Bertz CT molecular complexity index is 729. The van der Waals surface area contributed by atoms with Crippen molar-refractivity contribution in [3.63, 3.8) is 0 Å².